The molecule has 3 aromatic rings. The third kappa shape index (κ3) is 5.88. The molecule has 154 valence electrons. The third-order valence-electron chi connectivity index (χ3n) is 5.83. The van der Waals surface area contributed by atoms with E-state index in [4.69, 9.17) is 0 Å². The summed E-state index contributed by atoms with van der Waals surface area (Å²) in [4.78, 5) is 17.6. The number of rotatable bonds is 8. The van der Waals surface area contributed by atoms with Crippen LogP contribution < -0.4 is 0 Å². The maximum absolute atomic E-state index is 12.8. The van der Waals surface area contributed by atoms with E-state index >= 15 is 0 Å². The highest BCUT2D eigenvalue weighted by Crippen LogP contribution is 2.20. The molecule has 0 amide bonds. The summed E-state index contributed by atoms with van der Waals surface area (Å²) in [5.41, 5.74) is 3.90. The summed E-state index contributed by atoms with van der Waals surface area (Å²) in [7, 11) is 0. The van der Waals surface area contributed by atoms with Crippen molar-refractivity contribution in [2.24, 2.45) is 5.92 Å². The van der Waals surface area contributed by atoms with Crippen molar-refractivity contribution in [3.05, 3.63) is 108 Å². The summed E-state index contributed by atoms with van der Waals surface area (Å²) in [5, 5.41) is 0. The van der Waals surface area contributed by atoms with E-state index in [2.05, 4.69) is 101 Å². The first kappa shape index (κ1) is 20.5. The van der Waals surface area contributed by atoms with E-state index in [1.165, 1.54) is 16.7 Å². The highest BCUT2D eigenvalue weighted by molar-refractivity contribution is 5.82. The predicted octanol–water partition coefficient (Wildman–Crippen LogP) is 4.78. The van der Waals surface area contributed by atoms with Gasteiger partial charge in [-0.05, 0) is 16.7 Å². The molecule has 1 heterocycles. The van der Waals surface area contributed by atoms with Gasteiger partial charge in [-0.3, -0.25) is 14.6 Å². The lowest BCUT2D eigenvalue weighted by molar-refractivity contribution is -0.127. The summed E-state index contributed by atoms with van der Waals surface area (Å²) in [6, 6.07) is 31.7. The Labute approximate surface area is 180 Å². The van der Waals surface area contributed by atoms with Gasteiger partial charge in [-0.25, -0.2) is 0 Å². The highest BCUT2D eigenvalue weighted by atomic mass is 16.1. The molecule has 1 saturated heterocycles. The smallest absolute Gasteiger partial charge is 0.139 e. The normalized spacial score (nSPS) is 17.4. The van der Waals surface area contributed by atoms with Crippen molar-refractivity contribution in [3.63, 3.8) is 0 Å². The lowest BCUT2D eigenvalue weighted by atomic mass is 9.95. The average molecular weight is 399 g/mol. The van der Waals surface area contributed by atoms with E-state index in [0.717, 1.165) is 39.3 Å². The number of piperidine rings is 1. The number of likely N-dealkylation sites (tertiary alicyclic amines) is 1. The molecule has 0 N–H and O–H groups in total. The fraction of sp³-hybridized carbons (Fsp3) is 0.296. The fourth-order valence-electron chi connectivity index (χ4n) is 4.30. The molecule has 0 saturated carbocycles. The molecule has 0 spiro atoms. The van der Waals surface area contributed by atoms with Crippen molar-refractivity contribution >= 4 is 5.78 Å². The number of Topliss-reactive ketones (excluding diaryl/α,β-unsaturated/α-hetero) is 1. The molecule has 3 nitrogen and oxygen atoms in total. The number of hydrogen-bond acceptors (Lipinski definition) is 3. The van der Waals surface area contributed by atoms with Gasteiger partial charge in [0.1, 0.15) is 5.78 Å². The molecule has 0 aliphatic carbocycles. The Morgan fingerprint density at radius 2 is 1.23 bits per heavy atom. The number of ketones is 1. The maximum Gasteiger partial charge on any atom is 0.139 e. The van der Waals surface area contributed by atoms with Crippen molar-refractivity contribution in [2.75, 3.05) is 19.6 Å². The van der Waals surface area contributed by atoms with Gasteiger partial charge in [0.2, 0.25) is 0 Å². The van der Waals surface area contributed by atoms with Crippen molar-refractivity contribution in [2.45, 2.75) is 26.1 Å². The summed E-state index contributed by atoms with van der Waals surface area (Å²) < 4.78 is 0. The summed E-state index contributed by atoms with van der Waals surface area (Å²) >= 11 is 0. The second kappa shape index (κ2) is 10.3. The molecule has 1 aliphatic heterocycles. The summed E-state index contributed by atoms with van der Waals surface area (Å²) in [5.74, 6) is 0.473. The molecule has 30 heavy (non-hydrogen) atoms. The van der Waals surface area contributed by atoms with Crippen LogP contribution in [0, 0.1) is 5.92 Å². The van der Waals surface area contributed by atoms with Crippen LogP contribution in [0.5, 0.6) is 0 Å². The molecular weight excluding hydrogens is 368 g/mol. The number of nitrogens with zero attached hydrogens (tertiary/aromatic N) is 2. The standard InChI is InChI=1S/C27H30N2O/c30-27-16-17-28(18-23-10-4-1-5-11-23)21-26(27)22-29(19-24-12-6-2-7-13-24)20-25-14-8-3-9-15-25/h1-15,26H,16-22H2. The van der Waals surface area contributed by atoms with Crippen LogP contribution in [0.1, 0.15) is 23.1 Å². The molecule has 0 aromatic heterocycles. The van der Waals surface area contributed by atoms with Crippen LogP contribution in [0.25, 0.3) is 0 Å². The van der Waals surface area contributed by atoms with Crippen molar-refractivity contribution < 1.29 is 4.79 Å². The maximum atomic E-state index is 12.8. The zero-order valence-electron chi connectivity index (χ0n) is 17.5. The van der Waals surface area contributed by atoms with Crippen LogP contribution in [0.4, 0.5) is 0 Å². The predicted molar refractivity (Wildman–Crippen MR) is 122 cm³/mol. The zero-order chi connectivity index (χ0) is 20.6. The zero-order valence-corrected chi connectivity index (χ0v) is 17.5. The van der Waals surface area contributed by atoms with Crippen LogP contribution in [-0.2, 0) is 24.4 Å². The first-order valence-corrected chi connectivity index (χ1v) is 10.9. The van der Waals surface area contributed by atoms with Gasteiger partial charge in [0.05, 0.1) is 0 Å². The Hall–Kier alpha value is -2.75. The minimum Gasteiger partial charge on any atom is -0.299 e. The fourth-order valence-corrected chi connectivity index (χ4v) is 4.30. The number of carbonyl (C=O) groups excluding carboxylic acids is 1. The molecule has 1 aliphatic rings. The molecule has 1 fully saturated rings. The summed E-state index contributed by atoms with van der Waals surface area (Å²) in [6.45, 7) is 5.14. The lowest BCUT2D eigenvalue weighted by Crippen LogP contribution is -2.45. The van der Waals surface area contributed by atoms with E-state index in [1.807, 2.05) is 0 Å². The van der Waals surface area contributed by atoms with E-state index in [9.17, 15) is 4.79 Å². The minimum atomic E-state index is 0.0647. The molecular formula is C27H30N2O. The van der Waals surface area contributed by atoms with Crippen molar-refractivity contribution in [1.82, 2.24) is 9.80 Å². The van der Waals surface area contributed by atoms with Gasteiger partial charge >= 0.3 is 0 Å². The van der Waals surface area contributed by atoms with Gasteiger partial charge < -0.3 is 0 Å². The first-order valence-electron chi connectivity index (χ1n) is 10.9. The number of hydrogen-bond donors (Lipinski definition) is 0. The Morgan fingerprint density at radius 1 is 0.733 bits per heavy atom. The van der Waals surface area contributed by atoms with Gasteiger partial charge in [0.15, 0.2) is 0 Å². The van der Waals surface area contributed by atoms with Gasteiger partial charge in [0, 0.05) is 51.6 Å². The molecule has 1 atom stereocenters. The van der Waals surface area contributed by atoms with E-state index in [0.29, 0.717) is 12.2 Å². The van der Waals surface area contributed by atoms with Crippen LogP contribution in [0.3, 0.4) is 0 Å². The van der Waals surface area contributed by atoms with Gasteiger partial charge in [-0.15, -0.1) is 0 Å². The molecule has 4 rings (SSSR count). The van der Waals surface area contributed by atoms with Crippen LogP contribution in [-0.4, -0.2) is 35.2 Å². The Morgan fingerprint density at radius 3 is 1.77 bits per heavy atom. The monoisotopic (exact) mass is 398 g/mol. The minimum absolute atomic E-state index is 0.0647. The Kier molecular flexibility index (Phi) is 7.07. The highest BCUT2D eigenvalue weighted by Gasteiger charge is 2.29. The van der Waals surface area contributed by atoms with Crippen LogP contribution in [0.15, 0.2) is 91.0 Å². The molecule has 3 heteroatoms. The number of carbonyl (C=O) groups is 1. The van der Waals surface area contributed by atoms with Gasteiger partial charge in [-0.2, -0.15) is 0 Å². The number of benzene rings is 3. The van der Waals surface area contributed by atoms with Crippen LogP contribution in [0.2, 0.25) is 0 Å². The Bertz CT molecular complexity index is 870. The third-order valence-corrected chi connectivity index (χ3v) is 5.83. The average Bonchev–Trinajstić information content (AvgIpc) is 2.78. The quantitative estimate of drug-likeness (QED) is 0.546. The molecule has 1 unspecified atom stereocenters. The van der Waals surface area contributed by atoms with Crippen LogP contribution >= 0.6 is 0 Å². The topological polar surface area (TPSA) is 23.6 Å². The molecule has 0 radical (unpaired) electrons. The lowest BCUT2D eigenvalue weighted by Gasteiger charge is -2.35. The van der Waals surface area contributed by atoms with E-state index in [1.54, 1.807) is 0 Å². The van der Waals surface area contributed by atoms with Crippen molar-refractivity contribution in [1.29, 1.82) is 0 Å². The summed E-state index contributed by atoms with van der Waals surface area (Å²) in [6.07, 6.45) is 0.655. The molecule has 0 bridgehead atoms. The Balaban J connectivity index is 1.45. The van der Waals surface area contributed by atoms with Crippen molar-refractivity contribution in [3.8, 4) is 0 Å². The second-order valence-electron chi connectivity index (χ2n) is 8.27. The largest absolute Gasteiger partial charge is 0.299 e. The van der Waals surface area contributed by atoms with Gasteiger partial charge in [0.25, 0.3) is 0 Å². The molecule has 3 aromatic carbocycles. The first-order chi connectivity index (χ1) is 14.8. The van der Waals surface area contributed by atoms with Gasteiger partial charge in [-0.1, -0.05) is 91.0 Å². The SMILES string of the molecule is O=C1CCN(Cc2ccccc2)CC1CN(Cc1ccccc1)Cc1ccccc1. The van der Waals surface area contributed by atoms with E-state index in [-0.39, 0.29) is 5.92 Å². The second-order valence-corrected chi connectivity index (χ2v) is 8.27. The van der Waals surface area contributed by atoms with E-state index < -0.39 is 0 Å².